The van der Waals surface area contributed by atoms with Gasteiger partial charge in [0.15, 0.2) is 0 Å². The third kappa shape index (κ3) is 2.90. The van der Waals surface area contributed by atoms with Crippen molar-refractivity contribution in [2.75, 3.05) is 12.3 Å². The SMILES string of the molecule is Cc1sc2nc(CN3CCCCCC3C)nc(N)c2c1C. The van der Waals surface area contributed by atoms with Crippen LogP contribution in [0.5, 0.6) is 0 Å². The number of aryl methyl sites for hydroxylation is 2. The van der Waals surface area contributed by atoms with Crippen molar-refractivity contribution < 1.29 is 0 Å². The van der Waals surface area contributed by atoms with Gasteiger partial charge in [-0.1, -0.05) is 12.8 Å². The number of nitrogens with zero attached hydrogens (tertiary/aromatic N) is 3. The molecule has 2 N–H and O–H groups in total. The van der Waals surface area contributed by atoms with E-state index < -0.39 is 0 Å². The van der Waals surface area contributed by atoms with Crippen molar-refractivity contribution in [2.24, 2.45) is 0 Å². The van der Waals surface area contributed by atoms with Gasteiger partial charge in [0.05, 0.1) is 11.9 Å². The molecule has 0 amide bonds. The number of fused-ring (bicyclic) bond motifs is 1. The molecule has 1 saturated heterocycles. The highest BCUT2D eigenvalue weighted by atomic mass is 32.1. The minimum atomic E-state index is 0.611. The summed E-state index contributed by atoms with van der Waals surface area (Å²) in [5.74, 6) is 1.51. The molecule has 1 aliphatic heterocycles. The summed E-state index contributed by atoms with van der Waals surface area (Å²) in [5, 5.41) is 1.05. The standard InChI is InChI=1S/C16H24N4S/c1-10-7-5-4-6-8-20(10)9-13-18-15(17)14-11(2)12(3)21-16(14)19-13/h10H,4-9H2,1-3H3,(H2,17,18,19). The molecule has 0 radical (unpaired) electrons. The second-order valence-corrected chi connectivity index (χ2v) is 7.36. The van der Waals surface area contributed by atoms with E-state index in [1.807, 2.05) is 0 Å². The summed E-state index contributed by atoms with van der Waals surface area (Å²) in [7, 11) is 0. The minimum Gasteiger partial charge on any atom is -0.383 e. The zero-order chi connectivity index (χ0) is 15.0. The molecule has 3 rings (SSSR count). The molecular weight excluding hydrogens is 280 g/mol. The number of rotatable bonds is 2. The molecule has 2 aromatic heterocycles. The lowest BCUT2D eigenvalue weighted by atomic mass is 10.1. The number of hydrogen-bond acceptors (Lipinski definition) is 5. The smallest absolute Gasteiger partial charge is 0.146 e. The van der Waals surface area contributed by atoms with Crippen LogP contribution in [0, 0.1) is 13.8 Å². The molecule has 1 aliphatic rings. The number of hydrogen-bond donors (Lipinski definition) is 1. The fraction of sp³-hybridized carbons (Fsp3) is 0.625. The van der Waals surface area contributed by atoms with Crippen molar-refractivity contribution in [3.05, 3.63) is 16.3 Å². The topological polar surface area (TPSA) is 55.0 Å². The number of anilines is 1. The third-order valence-corrected chi connectivity index (χ3v) is 5.74. The van der Waals surface area contributed by atoms with Crippen molar-refractivity contribution in [3.63, 3.8) is 0 Å². The van der Waals surface area contributed by atoms with Crippen LogP contribution in [0.25, 0.3) is 10.2 Å². The van der Waals surface area contributed by atoms with Gasteiger partial charge in [-0.2, -0.15) is 0 Å². The van der Waals surface area contributed by atoms with Gasteiger partial charge in [-0.05, 0) is 45.7 Å². The predicted molar refractivity (Wildman–Crippen MR) is 89.6 cm³/mol. The first-order valence-electron chi connectivity index (χ1n) is 7.82. The average molecular weight is 304 g/mol. The zero-order valence-electron chi connectivity index (χ0n) is 13.1. The first kappa shape index (κ1) is 14.7. The highest BCUT2D eigenvalue weighted by Gasteiger charge is 2.19. The van der Waals surface area contributed by atoms with E-state index in [0.717, 1.165) is 29.1 Å². The van der Waals surface area contributed by atoms with E-state index in [2.05, 4.69) is 30.7 Å². The Morgan fingerprint density at radius 2 is 2.05 bits per heavy atom. The van der Waals surface area contributed by atoms with Crippen LogP contribution in [0.3, 0.4) is 0 Å². The number of nitrogen functional groups attached to an aromatic ring is 1. The lowest BCUT2D eigenvalue weighted by Gasteiger charge is -2.26. The lowest BCUT2D eigenvalue weighted by molar-refractivity contribution is 0.200. The molecule has 0 spiro atoms. The highest BCUT2D eigenvalue weighted by molar-refractivity contribution is 7.18. The molecule has 0 aromatic carbocycles. The Morgan fingerprint density at radius 3 is 2.86 bits per heavy atom. The number of nitrogens with two attached hydrogens (primary N) is 1. The third-order valence-electron chi connectivity index (χ3n) is 4.64. The second kappa shape index (κ2) is 5.89. The van der Waals surface area contributed by atoms with Gasteiger partial charge in [-0.15, -0.1) is 11.3 Å². The second-order valence-electron chi connectivity index (χ2n) is 6.16. The summed E-state index contributed by atoms with van der Waals surface area (Å²) in [5.41, 5.74) is 7.40. The van der Waals surface area contributed by atoms with Gasteiger partial charge in [0, 0.05) is 10.9 Å². The Kier molecular flexibility index (Phi) is 4.13. The molecule has 1 unspecified atom stereocenters. The number of aromatic nitrogens is 2. The Morgan fingerprint density at radius 1 is 1.24 bits per heavy atom. The predicted octanol–water partition coefficient (Wildman–Crippen LogP) is 3.65. The van der Waals surface area contributed by atoms with E-state index >= 15 is 0 Å². The molecule has 0 saturated carbocycles. The maximum absolute atomic E-state index is 6.18. The average Bonchev–Trinajstić information content (AvgIpc) is 2.59. The molecule has 4 nitrogen and oxygen atoms in total. The molecule has 0 bridgehead atoms. The summed E-state index contributed by atoms with van der Waals surface area (Å²) in [6.45, 7) is 8.50. The normalized spacial score (nSPS) is 20.8. The van der Waals surface area contributed by atoms with Gasteiger partial charge in [-0.3, -0.25) is 4.90 Å². The summed E-state index contributed by atoms with van der Waals surface area (Å²) in [6, 6.07) is 0.611. The maximum atomic E-state index is 6.18. The molecule has 3 heterocycles. The largest absolute Gasteiger partial charge is 0.383 e. The van der Waals surface area contributed by atoms with Gasteiger partial charge < -0.3 is 5.73 Å². The van der Waals surface area contributed by atoms with E-state index in [0.29, 0.717) is 11.9 Å². The first-order chi connectivity index (χ1) is 10.1. The van der Waals surface area contributed by atoms with Crippen LogP contribution < -0.4 is 5.73 Å². The highest BCUT2D eigenvalue weighted by Crippen LogP contribution is 2.32. The maximum Gasteiger partial charge on any atom is 0.146 e. The lowest BCUT2D eigenvalue weighted by Crippen LogP contribution is -2.32. The van der Waals surface area contributed by atoms with Crippen molar-refractivity contribution in [2.45, 2.75) is 59.0 Å². The molecule has 2 aromatic rings. The quantitative estimate of drug-likeness (QED) is 0.920. The zero-order valence-corrected chi connectivity index (χ0v) is 14.0. The fourth-order valence-corrected chi connectivity index (χ4v) is 4.20. The van der Waals surface area contributed by atoms with Gasteiger partial charge in [-0.25, -0.2) is 9.97 Å². The van der Waals surface area contributed by atoms with E-state index in [9.17, 15) is 0 Å². The van der Waals surface area contributed by atoms with Gasteiger partial charge in [0.25, 0.3) is 0 Å². The molecule has 1 atom stereocenters. The molecule has 21 heavy (non-hydrogen) atoms. The molecular formula is C16H24N4S. The van der Waals surface area contributed by atoms with Crippen molar-refractivity contribution in [1.29, 1.82) is 0 Å². The Hall–Kier alpha value is -1.20. The molecule has 1 fully saturated rings. The summed E-state index contributed by atoms with van der Waals surface area (Å²) in [6.07, 6.45) is 5.23. The van der Waals surface area contributed by atoms with E-state index in [-0.39, 0.29) is 0 Å². The van der Waals surface area contributed by atoms with Crippen LogP contribution in [0.1, 0.15) is 48.9 Å². The molecule has 114 valence electrons. The van der Waals surface area contributed by atoms with Gasteiger partial charge in [0.1, 0.15) is 16.5 Å². The summed E-state index contributed by atoms with van der Waals surface area (Å²) < 4.78 is 0. The summed E-state index contributed by atoms with van der Waals surface area (Å²) in [4.78, 5) is 14.2. The van der Waals surface area contributed by atoms with Crippen molar-refractivity contribution in [3.8, 4) is 0 Å². The Balaban J connectivity index is 1.90. The van der Waals surface area contributed by atoms with E-state index in [1.165, 1.54) is 36.1 Å². The van der Waals surface area contributed by atoms with Crippen molar-refractivity contribution >= 4 is 27.4 Å². The van der Waals surface area contributed by atoms with Crippen LogP contribution in [0.15, 0.2) is 0 Å². The fourth-order valence-electron chi connectivity index (χ4n) is 3.15. The van der Waals surface area contributed by atoms with Crippen molar-refractivity contribution in [1.82, 2.24) is 14.9 Å². The minimum absolute atomic E-state index is 0.611. The van der Waals surface area contributed by atoms with Crippen LogP contribution in [-0.2, 0) is 6.54 Å². The number of thiophene rings is 1. The summed E-state index contributed by atoms with van der Waals surface area (Å²) >= 11 is 1.72. The number of likely N-dealkylation sites (tertiary alicyclic amines) is 1. The van der Waals surface area contributed by atoms with Crippen LogP contribution >= 0.6 is 11.3 Å². The van der Waals surface area contributed by atoms with E-state index in [1.54, 1.807) is 11.3 Å². The van der Waals surface area contributed by atoms with Gasteiger partial charge in [0.2, 0.25) is 0 Å². The van der Waals surface area contributed by atoms with Crippen LogP contribution in [-0.4, -0.2) is 27.5 Å². The molecule has 5 heteroatoms. The molecule has 0 aliphatic carbocycles. The van der Waals surface area contributed by atoms with Gasteiger partial charge >= 0.3 is 0 Å². The Labute approximate surface area is 130 Å². The van der Waals surface area contributed by atoms with Crippen LogP contribution in [0.2, 0.25) is 0 Å². The van der Waals surface area contributed by atoms with Crippen LogP contribution in [0.4, 0.5) is 5.82 Å². The first-order valence-corrected chi connectivity index (χ1v) is 8.64. The van der Waals surface area contributed by atoms with E-state index in [4.69, 9.17) is 10.7 Å². The monoisotopic (exact) mass is 304 g/mol. The Bertz CT molecular complexity index is 649.